The Bertz CT molecular complexity index is 470. The van der Waals surface area contributed by atoms with Crippen molar-refractivity contribution in [3.63, 3.8) is 0 Å². The van der Waals surface area contributed by atoms with E-state index in [0.717, 1.165) is 11.1 Å². The van der Waals surface area contributed by atoms with Crippen molar-refractivity contribution < 1.29 is 4.92 Å². The molecule has 6 nitrogen and oxygen atoms in total. The first-order valence-corrected chi connectivity index (χ1v) is 5.50. The van der Waals surface area contributed by atoms with Crippen LogP contribution < -0.4 is 5.32 Å². The van der Waals surface area contributed by atoms with Crippen molar-refractivity contribution in [3.05, 3.63) is 50.1 Å². The molecule has 0 aromatic carbocycles. The van der Waals surface area contributed by atoms with Gasteiger partial charge in [-0.15, -0.1) is 11.3 Å². The van der Waals surface area contributed by atoms with Crippen LogP contribution in [-0.2, 0) is 6.54 Å². The second kappa shape index (κ2) is 4.50. The van der Waals surface area contributed by atoms with Crippen LogP contribution in [0.25, 0.3) is 0 Å². The molecule has 0 aliphatic carbocycles. The first-order chi connectivity index (χ1) is 7.65. The van der Waals surface area contributed by atoms with Crippen LogP contribution in [0.5, 0.6) is 0 Å². The van der Waals surface area contributed by atoms with Crippen LogP contribution >= 0.6 is 22.9 Å². The highest BCUT2D eigenvalue weighted by Gasteiger charge is 2.16. The van der Waals surface area contributed by atoms with Gasteiger partial charge in [-0.25, -0.2) is 4.98 Å². The zero-order chi connectivity index (χ0) is 11.5. The zero-order valence-corrected chi connectivity index (χ0v) is 9.53. The van der Waals surface area contributed by atoms with E-state index in [-0.39, 0.29) is 0 Å². The highest BCUT2D eigenvalue weighted by Crippen LogP contribution is 2.21. The van der Waals surface area contributed by atoms with Crippen molar-refractivity contribution in [1.29, 1.82) is 0 Å². The minimum atomic E-state index is -0.498. The summed E-state index contributed by atoms with van der Waals surface area (Å²) in [4.78, 5) is 16.4. The molecule has 1 aliphatic rings. The number of hydrogen-bond donors (Lipinski definition) is 1. The summed E-state index contributed by atoms with van der Waals surface area (Å²) in [5.74, 6) is 0.425. The van der Waals surface area contributed by atoms with Gasteiger partial charge in [0.2, 0.25) is 0 Å². The van der Waals surface area contributed by atoms with E-state index in [1.54, 1.807) is 23.5 Å². The molecule has 16 heavy (non-hydrogen) atoms. The molecule has 0 saturated heterocycles. The highest BCUT2D eigenvalue weighted by molar-refractivity contribution is 7.15. The van der Waals surface area contributed by atoms with Crippen LogP contribution in [0.4, 0.5) is 0 Å². The number of halogens is 1. The van der Waals surface area contributed by atoms with Gasteiger partial charge in [0, 0.05) is 23.5 Å². The average molecular weight is 259 g/mol. The third-order valence-corrected chi connectivity index (χ3v) is 2.97. The standard InChI is InChI=1S/C8H7ClN4O2S/c9-8-11-3-6(16-8)4-12-2-1-10-7(12)5-13(14)15/h1-3,5,10H,4H2/b7-5-. The molecule has 0 atom stereocenters. The summed E-state index contributed by atoms with van der Waals surface area (Å²) >= 11 is 7.05. The Kier molecular flexibility index (Phi) is 3.07. The predicted molar refractivity (Wildman–Crippen MR) is 60.0 cm³/mol. The Balaban J connectivity index is 2.09. The van der Waals surface area contributed by atoms with Gasteiger partial charge >= 0.3 is 0 Å². The van der Waals surface area contributed by atoms with Gasteiger partial charge in [0.05, 0.1) is 11.5 Å². The summed E-state index contributed by atoms with van der Waals surface area (Å²) in [7, 11) is 0. The molecule has 0 amide bonds. The molecule has 1 aromatic rings. The maximum atomic E-state index is 10.4. The lowest BCUT2D eigenvalue weighted by Gasteiger charge is -2.13. The molecule has 8 heteroatoms. The summed E-state index contributed by atoms with van der Waals surface area (Å²) in [5, 5.41) is 13.1. The third-order valence-electron chi connectivity index (χ3n) is 1.87. The van der Waals surface area contributed by atoms with Crippen LogP contribution in [0, 0.1) is 10.1 Å². The van der Waals surface area contributed by atoms with Crippen molar-refractivity contribution in [3.8, 4) is 0 Å². The van der Waals surface area contributed by atoms with E-state index in [2.05, 4.69) is 10.3 Å². The number of hydrogen-bond acceptors (Lipinski definition) is 6. The van der Waals surface area contributed by atoms with Gasteiger partial charge in [-0.05, 0) is 0 Å². The van der Waals surface area contributed by atoms with E-state index >= 15 is 0 Å². The zero-order valence-electron chi connectivity index (χ0n) is 7.96. The average Bonchev–Trinajstić information content (AvgIpc) is 2.77. The topological polar surface area (TPSA) is 71.3 Å². The third kappa shape index (κ3) is 2.50. The first kappa shape index (κ1) is 10.9. The summed E-state index contributed by atoms with van der Waals surface area (Å²) < 4.78 is 0.464. The van der Waals surface area contributed by atoms with Gasteiger partial charge in [-0.3, -0.25) is 10.1 Å². The normalized spacial score (nSPS) is 16.8. The molecule has 2 rings (SSSR count). The lowest BCUT2D eigenvalue weighted by atomic mass is 10.5. The van der Waals surface area contributed by atoms with E-state index in [4.69, 9.17) is 11.6 Å². The molecule has 1 aromatic heterocycles. The molecule has 2 heterocycles. The molecule has 1 aliphatic heterocycles. The number of nitrogens with one attached hydrogen (secondary N) is 1. The minimum Gasteiger partial charge on any atom is -0.341 e. The number of nitrogens with zero attached hydrogens (tertiary/aromatic N) is 3. The van der Waals surface area contributed by atoms with E-state index in [0.29, 0.717) is 16.8 Å². The monoisotopic (exact) mass is 258 g/mol. The molecular weight excluding hydrogens is 252 g/mol. The second-order valence-corrected chi connectivity index (χ2v) is 4.66. The van der Waals surface area contributed by atoms with Crippen molar-refractivity contribution in [1.82, 2.24) is 15.2 Å². The maximum absolute atomic E-state index is 10.4. The molecule has 0 saturated carbocycles. The molecule has 84 valence electrons. The van der Waals surface area contributed by atoms with Crippen molar-refractivity contribution >= 4 is 22.9 Å². The fourth-order valence-corrected chi connectivity index (χ4v) is 2.23. The molecule has 0 unspecified atom stereocenters. The number of thiazole rings is 1. The maximum Gasteiger partial charge on any atom is 0.274 e. The summed E-state index contributed by atoms with van der Waals surface area (Å²) in [6.07, 6.45) is 5.94. The number of rotatable bonds is 3. The molecule has 1 N–H and O–H groups in total. The van der Waals surface area contributed by atoms with Gasteiger partial charge < -0.3 is 10.2 Å². The van der Waals surface area contributed by atoms with Gasteiger partial charge in [0.15, 0.2) is 10.3 Å². The largest absolute Gasteiger partial charge is 0.341 e. The predicted octanol–water partition coefficient (Wildman–Crippen LogP) is 1.75. The Hall–Kier alpha value is -1.60. The highest BCUT2D eigenvalue weighted by atomic mass is 35.5. The molecular formula is C8H7ClN4O2S. The quantitative estimate of drug-likeness (QED) is 0.661. The molecule has 0 radical (unpaired) electrons. The number of nitro groups is 1. The first-order valence-electron chi connectivity index (χ1n) is 4.30. The molecule has 0 spiro atoms. The second-order valence-electron chi connectivity index (χ2n) is 2.97. The van der Waals surface area contributed by atoms with Crippen molar-refractivity contribution in [2.45, 2.75) is 6.54 Å². The van der Waals surface area contributed by atoms with E-state index in [1.165, 1.54) is 11.3 Å². The lowest BCUT2D eigenvalue weighted by Crippen LogP contribution is -2.18. The van der Waals surface area contributed by atoms with E-state index < -0.39 is 4.92 Å². The smallest absolute Gasteiger partial charge is 0.274 e. The number of aromatic nitrogens is 1. The fraction of sp³-hybridized carbons (Fsp3) is 0.125. The van der Waals surface area contributed by atoms with Gasteiger partial charge in [-0.1, -0.05) is 11.6 Å². The van der Waals surface area contributed by atoms with Crippen molar-refractivity contribution in [2.24, 2.45) is 0 Å². The van der Waals surface area contributed by atoms with Gasteiger partial charge in [0.1, 0.15) is 0 Å². The van der Waals surface area contributed by atoms with Crippen LogP contribution in [-0.4, -0.2) is 14.8 Å². The van der Waals surface area contributed by atoms with Crippen LogP contribution in [0.2, 0.25) is 4.47 Å². The summed E-state index contributed by atoms with van der Waals surface area (Å²) in [5.41, 5.74) is 0. The van der Waals surface area contributed by atoms with Crippen molar-refractivity contribution in [2.75, 3.05) is 0 Å². The SMILES string of the molecule is O=[N+]([O-])/C=C1/NC=CN1Cc1cnc(Cl)s1. The van der Waals surface area contributed by atoms with E-state index in [9.17, 15) is 10.1 Å². The van der Waals surface area contributed by atoms with Gasteiger partial charge in [0.25, 0.3) is 6.20 Å². The fourth-order valence-electron chi connectivity index (χ4n) is 1.25. The Labute approximate surface area is 100.0 Å². The van der Waals surface area contributed by atoms with Crippen LogP contribution in [0.1, 0.15) is 4.88 Å². The molecule has 0 fully saturated rings. The minimum absolute atomic E-state index is 0.425. The summed E-state index contributed by atoms with van der Waals surface area (Å²) in [6.45, 7) is 0.508. The van der Waals surface area contributed by atoms with Gasteiger partial charge in [-0.2, -0.15) is 0 Å². The Morgan fingerprint density at radius 2 is 2.56 bits per heavy atom. The van der Waals surface area contributed by atoms with E-state index in [1.807, 2.05) is 0 Å². The Morgan fingerprint density at radius 1 is 1.75 bits per heavy atom. The van der Waals surface area contributed by atoms with Crippen LogP contribution in [0.15, 0.2) is 30.6 Å². The Morgan fingerprint density at radius 3 is 3.19 bits per heavy atom. The molecule has 0 bridgehead atoms. The summed E-state index contributed by atoms with van der Waals surface area (Å²) in [6, 6.07) is 0. The lowest BCUT2D eigenvalue weighted by molar-refractivity contribution is -0.404. The van der Waals surface area contributed by atoms with Crippen LogP contribution in [0.3, 0.4) is 0 Å².